The number of ether oxygens (including phenoxy) is 3. The second kappa shape index (κ2) is 14.1. The van der Waals surface area contributed by atoms with Crippen molar-refractivity contribution in [2.75, 3.05) is 45.3 Å². The molecule has 0 amide bonds. The van der Waals surface area contributed by atoms with Crippen molar-refractivity contribution >= 4 is 11.8 Å². The number of nitrogens with zero attached hydrogens (tertiary/aromatic N) is 2. The number of rotatable bonds is 14. The van der Waals surface area contributed by atoms with Crippen molar-refractivity contribution in [2.24, 2.45) is 0 Å². The first kappa shape index (κ1) is 30.1. The lowest BCUT2D eigenvalue weighted by molar-refractivity contribution is -0.143. The molecule has 0 bridgehead atoms. The van der Waals surface area contributed by atoms with Crippen molar-refractivity contribution in [1.82, 2.24) is 9.88 Å². The number of likely N-dealkylation sites (tertiary alicyclic amines) is 1. The van der Waals surface area contributed by atoms with Crippen molar-refractivity contribution in [3.8, 4) is 11.5 Å². The molecule has 0 spiro atoms. The zero-order chi connectivity index (χ0) is 28.6. The SMILES string of the molecule is CCOc1c(F)cc(C(C)C)cc1[C@H](C(=O)O)N1CC[C@@H](OCCCCCc2cc(OC)c3c(n2)NCCC3)C1. The summed E-state index contributed by atoms with van der Waals surface area (Å²) in [5.41, 5.74) is 3.35. The normalized spacial score (nSPS) is 17.9. The van der Waals surface area contributed by atoms with Crippen LogP contribution in [0.15, 0.2) is 18.2 Å². The number of hydrogen-bond acceptors (Lipinski definition) is 7. The van der Waals surface area contributed by atoms with Gasteiger partial charge in [-0.3, -0.25) is 9.69 Å². The third-order valence-corrected chi connectivity index (χ3v) is 7.80. The van der Waals surface area contributed by atoms with E-state index in [4.69, 9.17) is 19.2 Å². The predicted octanol–water partition coefficient (Wildman–Crippen LogP) is 5.74. The van der Waals surface area contributed by atoms with Crippen molar-refractivity contribution in [3.05, 3.63) is 46.4 Å². The van der Waals surface area contributed by atoms with Gasteiger partial charge in [-0.25, -0.2) is 9.37 Å². The summed E-state index contributed by atoms with van der Waals surface area (Å²) >= 11 is 0. The van der Waals surface area contributed by atoms with Crippen LogP contribution in [0.4, 0.5) is 10.2 Å². The van der Waals surface area contributed by atoms with E-state index in [1.165, 1.54) is 11.6 Å². The van der Waals surface area contributed by atoms with Crippen molar-refractivity contribution in [3.63, 3.8) is 0 Å². The number of aryl methyl sites for hydroxylation is 1. The molecule has 220 valence electrons. The number of pyridine rings is 1. The third kappa shape index (κ3) is 7.23. The van der Waals surface area contributed by atoms with Gasteiger partial charge in [0, 0.05) is 49.1 Å². The summed E-state index contributed by atoms with van der Waals surface area (Å²) in [4.78, 5) is 19.1. The first-order chi connectivity index (χ1) is 19.3. The largest absolute Gasteiger partial charge is 0.496 e. The van der Waals surface area contributed by atoms with E-state index in [2.05, 4.69) is 11.4 Å². The van der Waals surface area contributed by atoms with Crippen LogP contribution in [0.5, 0.6) is 11.5 Å². The van der Waals surface area contributed by atoms with E-state index >= 15 is 0 Å². The van der Waals surface area contributed by atoms with E-state index in [9.17, 15) is 14.3 Å². The second-order valence-corrected chi connectivity index (χ2v) is 11.0. The number of aromatic nitrogens is 1. The number of halogens is 1. The summed E-state index contributed by atoms with van der Waals surface area (Å²) in [6.45, 7) is 8.59. The molecular weight excluding hydrogens is 513 g/mol. The lowest BCUT2D eigenvalue weighted by atomic mass is 9.95. The quantitative estimate of drug-likeness (QED) is 0.284. The molecule has 4 rings (SSSR count). The molecule has 3 heterocycles. The minimum absolute atomic E-state index is 0.0329. The zero-order valence-electron chi connectivity index (χ0n) is 24.3. The fraction of sp³-hybridized carbons (Fsp3) is 0.613. The molecule has 0 radical (unpaired) electrons. The maximum atomic E-state index is 15.0. The van der Waals surface area contributed by atoms with Crippen LogP contribution in [0.3, 0.4) is 0 Å². The molecule has 1 aromatic carbocycles. The number of methoxy groups -OCH3 is 1. The monoisotopic (exact) mass is 557 g/mol. The molecule has 1 saturated heterocycles. The van der Waals surface area contributed by atoms with Crippen LogP contribution in [0.2, 0.25) is 0 Å². The number of benzene rings is 1. The van der Waals surface area contributed by atoms with Gasteiger partial charge in [0.1, 0.15) is 17.6 Å². The van der Waals surface area contributed by atoms with E-state index in [1.54, 1.807) is 20.1 Å². The Labute approximate surface area is 237 Å². The highest BCUT2D eigenvalue weighted by molar-refractivity contribution is 5.77. The van der Waals surface area contributed by atoms with Gasteiger partial charge in [0.05, 0.1) is 19.8 Å². The molecule has 2 N–H and O–H groups in total. The molecule has 0 saturated carbocycles. The lowest BCUT2D eigenvalue weighted by Gasteiger charge is -2.27. The predicted molar refractivity (Wildman–Crippen MR) is 153 cm³/mol. The lowest BCUT2D eigenvalue weighted by Crippen LogP contribution is -2.34. The Morgan fingerprint density at radius 2 is 2.08 bits per heavy atom. The van der Waals surface area contributed by atoms with E-state index in [-0.39, 0.29) is 24.4 Å². The molecule has 8 nitrogen and oxygen atoms in total. The summed E-state index contributed by atoms with van der Waals surface area (Å²) in [5.74, 6) is 0.459. The minimum atomic E-state index is -1.01. The van der Waals surface area contributed by atoms with Gasteiger partial charge < -0.3 is 24.6 Å². The van der Waals surface area contributed by atoms with Gasteiger partial charge >= 0.3 is 5.97 Å². The number of carbonyl (C=O) groups is 1. The highest BCUT2D eigenvalue weighted by atomic mass is 19.1. The molecule has 1 fully saturated rings. The Balaban J connectivity index is 1.28. The highest BCUT2D eigenvalue weighted by Gasteiger charge is 2.37. The molecule has 2 aliphatic heterocycles. The average molecular weight is 558 g/mol. The molecule has 40 heavy (non-hydrogen) atoms. The van der Waals surface area contributed by atoms with E-state index in [1.807, 2.05) is 18.7 Å². The Morgan fingerprint density at radius 3 is 2.80 bits per heavy atom. The molecule has 9 heteroatoms. The summed E-state index contributed by atoms with van der Waals surface area (Å²) in [6, 6.07) is 4.31. The molecule has 1 aromatic heterocycles. The number of anilines is 1. The standard InChI is InChI=1S/C31H44FN3O5/c1-5-39-29-25(16-21(20(2)3)17-26(29)32)28(31(36)37)35-14-12-23(19-35)40-15-8-6-7-10-22-18-27(38-4)24-11-9-13-33-30(24)34-22/h16-18,20,23,28H,5-15,19H2,1-4H3,(H,33,34)(H,36,37)/t23-,28-/m1/s1. The van der Waals surface area contributed by atoms with Gasteiger partial charge in [-0.05, 0) is 69.1 Å². The van der Waals surface area contributed by atoms with Crippen LogP contribution in [0.25, 0.3) is 0 Å². The van der Waals surface area contributed by atoms with E-state index < -0.39 is 17.8 Å². The third-order valence-electron chi connectivity index (χ3n) is 7.80. The Hall–Kier alpha value is -2.91. The summed E-state index contributed by atoms with van der Waals surface area (Å²) < 4.78 is 32.3. The van der Waals surface area contributed by atoms with Gasteiger partial charge in [0.2, 0.25) is 0 Å². The van der Waals surface area contributed by atoms with Crippen molar-refractivity contribution < 1.29 is 28.5 Å². The number of carboxylic acids is 1. The van der Waals surface area contributed by atoms with Crippen LogP contribution in [0.1, 0.15) is 87.2 Å². The van der Waals surface area contributed by atoms with Gasteiger partial charge in [0.15, 0.2) is 11.6 Å². The van der Waals surface area contributed by atoms with Crippen LogP contribution in [-0.2, 0) is 22.4 Å². The van der Waals surface area contributed by atoms with E-state index in [0.717, 1.165) is 74.3 Å². The maximum absolute atomic E-state index is 15.0. The number of carboxylic acid groups (broad SMARTS) is 1. The minimum Gasteiger partial charge on any atom is -0.496 e. The smallest absolute Gasteiger partial charge is 0.325 e. The van der Waals surface area contributed by atoms with Crippen LogP contribution >= 0.6 is 0 Å². The van der Waals surface area contributed by atoms with Gasteiger partial charge in [-0.1, -0.05) is 20.3 Å². The van der Waals surface area contributed by atoms with Crippen molar-refractivity contribution in [2.45, 2.75) is 83.8 Å². The molecule has 2 aromatic rings. The Bertz CT molecular complexity index is 1140. The van der Waals surface area contributed by atoms with Gasteiger partial charge in [-0.2, -0.15) is 0 Å². The van der Waals surface area contributed by atoms with Crippen LogP contribution < -0.4 is 14.8 Å². The first-order valence-electron chi connectivity index (χ1n) is 14.7. The molecule has 0 unspecified atom stereocenters. The topological polar surface area (TPSA) is 93.2 Å². The highest BCUT2D eigenvalue weighted by Crippen LogP contribution is 2.37. The number of hydrogen-bond donors (Lipinski definition) is 2. The fourth-order valence-corrected chi connectivity index (χ4v) is 5.68. The van der Waals surface area contributed by atoms with Gasteiger partial charge in [0.25, 0.3) is 0 Å². The Morgan fingerprint density at radius 1 is 1.25 bits per heavy atom. The molecule has 0 aliphatic carbocycles. The Kier molecular flexibility index (Phi) is 10.6. The molecule has 2 atom stereocenters. The van der Waals surface area contributed by atoms with Crippen molar-refractivity contribution in [1.29, 1.82) is 0 Å². The first-order valence-corrected chi connectivity index (χ1v) is 14.7. The summed E-state index contributed by atoms with van der Waals surface area (Å²) in [6.07, 6.45) is 6.62. The summed E-state index contributed by atoms with van der Waals surface area (Å²) in [7, 11) is 1.72. The summed E-state index contributed by atoms with van der Waals surface area (Å²) in [5, 5.41) is 13.6. The van der Waals surface area contributed by atoms with E-state index in [0.29, 0.717) is 25.3 Å². The maximum Gasteiger partial charge on any atom is 0.325 e. The number of fused-ring (bicyclic) bond motifs is 1. The molecule has 2 aliphatic rings. The fourth-order valence-electron chi connectivity index (χ4n) is 5.68. The zero-order valence-corrected chi connectivity index (χ0v) is 24.3. The molecular formula is C31H44FN3O5. The van der Waals surface area contributed by atoms with Crippen LogP contribution in [0, 0.1) is 5.82 Å². The number of aliphatic carboxylic acids is 1. The average Bonchev–Trinajstić information content (AvgIpc) is 3.39. The number of nitrogens with one attached hydrogen (secondary N) is 1. The second-order valence-electron chi connectivity index (χ2n) is 11.0. The van der Waals surface area contributed by atoms with Gasteiger partial charge in [-0.15, -0.1) is 0 Å². The van der Waals surface area contributed by atoms with Crippen LogP contribution in [-0.4, -0.2) is 67.0 Å². The number of unbranched alkanes of at least 4 members (excludes halogenated alkanes) is 2.